The second-order valence-electron chi connectivity index (χ2n) is 5.18. The number of hydrogen-bond acceptors (Lipinski definition) is 3. The largest absolute Gasteiger partial charge is 0.394 e. The Morgan fingerprint density at radius 1 is 1.30 bits per heavy atom. The highest BCUT2D eigenvalue weighted by Gasteiger charge is 2.36. The SMILES string of the molecule is O=S(=O)(NC1(CO)CCCCC1)c1ccc(Br)c(F)c1. The Morgan fingerprint density at radius 2 is 1.95 bits per heavy atom. The summed E-state index contributed by atoms with van der Waals surface area (Å²) in [6.07, 6.45) is 3.98. The van der Waals surface area contributed by atoms with Crippen LogP contribution < -0.4 is 4.72 Å². The van der Waals surface area contributed by atoms with Gasteiger partial charge in [0.2, 0.25) is 10.0 Å². The molecule has 7 heteroatoms. The molecule has 1 aromatic carbocycles. The highest BCUT2D eigenvalue weighted by atomic mass is 79.9. The van der Waals surface area contributed by atoms with Crippen LogP contribution in [0.3, 0.4) is 0 Å². The molecule has 0 bridgehead atoms. The number of rotatable bonds is 4. The van der Waals surface area contributed by atoms with Gasteiger partial charge in [-0.1, -0.05) is 19.3 Å². The molecular weight excluding hydrogens is 349 g/mol. The molecule has 4 nitrogen and oxygen atoms in total. The first-order valence-corrected chi connectivity index (χ1v) is 8.76. The molecule has 1 saturated carbocycles. The number of hydrogen-bond donors (Lipinski definition) is 2. The molecule has 0 atom stereocenters. The Bertz CT molecular complexity index is 585. The third-order valence-corrected chi connectivity index (χ3v) is 5.88. The van der Waals surface area contributed by atoms with Crippen molar-refractivity contribution in [1.82, 2.24) is 4.72 Å². The minimum absolute atomic E-state index is 0.128. The molecule has 2 N–H and O–H groups in total. The van der Waals surface area contributed by atoms with E-state index in [1.807, 2.05) is 0 Å². The van der Waals surface area contributed by atoms with E-state index < -0.39 is 21.4 Å². The van der Waals surface area contributed by atoms with Crippen LogP contribution in [-0.2, 0) is 10.0 Å². The van der Waals surface area contributed by atoms with Gasteiger partial charge in [-0.2, -0.15) is 0 Å². The molecule has 112 valence electrons. The second kappa shape index (κ2) is 6.09. The fourth-order valence-electron chi connectivity index (χ4n) is 2.51. The number of aliphatic hydroxyl groups excluding tert-OH is 1. The van der Waals surface area contributed by atoms with E-state index in [0.29, 0.717) is 12.8 Å². The zero-order chi connectivity index (χ0) is 14.8. The minimum atomic E-state index is -3.84. The zero-order valence-corrected chi connectivity index (χ0v) is 13.3. The van der Waals surface area contributed by atoms with Crippen LogP contribution in [0, 0.1) is 5.82 Å². The first-order valence-electron chi connectivity index (χ1n) is 6.48. The third-order valence-electron chi connectivity index (χ3n) is 3.67. The maximum absolute atomic E-state index is 13.5. The lowest BCUT2D eigenvalue weighted by molar-refractivity contribution is 0.142. The van der Waals surface area contributed by atoms with Crippen LogP contribution >= 0.6 is 15.9 Å². The molecule has 20 heavy (non-hydrogen) atoms. The Hall–Kier alpha value is -0.500. The summed E-state index contributed by atoms with van der Waals surface area (Å²) in [5.74, 6) is -0.630. The van der Waals surface area contributed by atoms with Crippen LogP contribution in [0.1, 0.15) is 32.1 Å². The van der Waals surface area contributed by atoms with Gasteiger partial charge in [-0.3, -0.25) is 0 Å². The highest BCUT2D eigenvalue weighted by Crippen LogP contribution is 2.30. The van der Waals surface area contributed by atoms with Crippen molar-refractivity contribution in [3.8, 4) is 0 Å². The first-order chi connectivity index (χ1) is 9.38. The molecule has 0 aliphatic heterocycles. The van der Waals surface area contributed by atoms with Crippen molar-refractivity contribution >= 4 is 26.0 Å². The van der Waals surface area contributed by atoms with Gasteiger partial charge in [-0.25, -0.2) is 17.5 Å². The Balaban J connectivity index is 2.27. The maximum Gasteiger partial charge on any atom is 0.241 e. The van der Waals surface area contributed by atoms with Crippen LogP contribution in [0.4, 0.5) is 4.39 Å². The molecule has 1 aliphatic rings. The van der Waals surface area contributed by atoms with Gasteiger partial charge >= 0.3 is 0 Å². The molecule has 0 aromatic heterocycles. The minimum Gasteiger partial charge on any atom is -0.394 e. The van der Waals surface area contributed by atoms with Crippen molar-refractivity contribution in [2.45, 2.75) is 42.5 Å². The average Bonchev–Trinajstić information content (AvgIpc) is 2.42. The van der Waals surface area contributed by atoms with Gasteiger partial charge in [0.15, 0.2) is 0 Å². The van der Waals surface area contributed by atoms with Gasteiger partial charge in [0.25, 0.3) is 0 Å². The molecule has 0 heterocycles. The van der Waals surface area contributed by atoms with E-state index in [2.05, 4.69) is 20.7 Å². The van der Waals surface area contributed by atoms with Crippen molar-refractivity contribution in [2.24, 2.45) is 0 Å². The van der Waals surface area contributed by atoms with E-state index in [1.165, 1.54) is 12.1 Å². The van der Waals surface area contributed by atoms with E-state index in [-0.39, 0.29) is 16.0 Å². The van der Waals surface area contributed by atoms with Gasteiger partial charge in [0.1, 0.15) is 5.82 Å². The predicted molar refractivity (Wildman–Crippen MR) is 77.3 cm³/mol. The van der Waals surface area contributed by atoms with Crippen LogP contribution in [0.5, 0.6) is 0 Å². The molecule has 0 spiro atoms. The van der Waals surface area contributed by atoms with E-state index >= 15 is 0 Å². The smallest absolute Gasteiger partial charge is 0.241 e. The molecule has 1 aromatic rings. The molecule has 0 saturated heterocycles. The summed E-state index contributed by atoms with van der Waals surface area (Å²) < 4.78 is 40.9. The average molecular weight is 366 g/mol. The molecule has 1 fully saturated rings. The highest BCUT2D eigenvalue weighted by molar-refractivity contribution is 9.10. The lowest BCUT2D eigenvalue weighted by Gasteiger charge is -2.36. The monoisotopic (exact) mass is 365 g/mol. The van der Waals surface area contributed by atoms with E-state index in [4.69, 9.17) is 0 Å². The van der Waals surface area contributed by atoms with Crippen molar-refractivity contribution in [3.63, 3.8) is 0 Å². The lowest BCUT2D eigenvalue weighted by Crippen LogP contribution is -2.52. The number of aliphatic hydroxyl groups is 1. The van der Waals surface area contributed by atoms with Gasteiger partial charge in [-0.05, 0) is 47.0 Å². The summed E-state index contributed by atoms with van der Waals surface area (Å²) >= 11 is 2.99. The van der Waals surface area contributed by atoms with Crippen molar-refractivity contribution in [2.75, 3.05) is 6.61 Å². The van der Waals surface area contributed by atoms with E-state index in [0.717, 1.165) is 25.3 Å². The summed E-state index contributed by atoms with van der Waals surface area (Å²) in [6, 6.07) is 3.67. The van der Waals surface area contributed by atoms with Crippen LogP contribution in [0.15, 0.2) is 27.6 Å². The second-order valence-corrected chi connectivity index (χ2v) is 7.72. The van der Waals surface area contributed by atoms with Gasteiger partial charge < -0.3 is 5.11 Å². The predicted octanol–water partition coefficient (Wildman–Crippen LogP) is 2.56. The topological polar surface area (TPSA) is 66.4 Å². The van der Waals surface area contributed by atoms with Crippen molar-refractivity contribution in [3.05, 3.63) is 28.5 Å². The number of nitrogens with one attached hydrogen (secondary N) is 1. The zero-order valence-electron chi connectivity index (χ0n) is 10.9. The molecule has 0 amide bonds. The summed E-state index contributed by atoms with van der Waals surface area (Å²) in [6.45, 7) is -0.245. The summed E-state index contributed by atoms with van der Waals surface area (Å²) in [4.78, 5) is -0.128. The van der Waals surface area contributed by atoms with E-state index in [1.54, 1.807) is 0 Å². The number of sulfonamides is 1. The van der Waals surface area contributed by atoms with Crippen molar-refractivity contribution in [1.29, 1.82) is 0 Å². The normalized spacial score (nSPS) is 18.9. The third kappa shape index (κ3) is 3.39. The maximum atomic E-state index is 13.5. The summed E-state index contributed by atoms with van der Waals surface area (Å²) in [5, 5.41) is 9.54. The van der Waals surface area contributed by atoms with Crippen LogP contribution in [0.25, 0.3) is 0 Å². The van der Waals surface area contributed by atoms with E-state index in [9.17, 15) is 17.9 Å². The molecule has 1 aliphatic carbocycles. The standard InChI is InChI=1S/C13H17BrFNO3S/c14-11-5-4-10(8-12(11)15)20(18,19)16-13(9-17)6-2-1-3-7-13/h4-5,8,16-17H,1-3,6-7,9H2. The first kappa shape index (κ1) is 15.9. The van der Waals surface area contributed by atoms with Crippen molar-refractivity contribution < 1.29 is 17.9 Å². The van der Waals surface area contributed by atoms with Gasteiger partial charge in [-0.15, -0.1) is 0 Å². The molecular formula is C13H17BrFNO3S. The quantitative estimate of drug-likeness (QED) is 0.861. The van der Waals surface area contributed by atoms with Gasteiger partial charge in [0.05, 0.1) is 21.5 Å². The summed E-state index contributed by atoms with van der Waals surface area (Å²) in [7, 11) is -3.84. The Morgan fingerprint density at radius 3 is 2.50 bits per heavy atom. The number of halogens is 2. The number of benzene rings is 1. The summed E-state index contributed by atoms with van der Waals surface area (Å²) in [5.41, 5.74) is -0.819. The van der Waals surface area contributed by atoms with Crippen LogP contribution in [-0.4, -0.2) is 25.7 Å². The Kier molecular flexibility index (Phi) is 4.84. The fraction of sp³-hybridized carbons (Fsp3) is 0.538. The molecule has 0 radical (unpaired) electrons. The Labute approximate surface area is 126 Å². The lowest BCUT2D eigenvalue weighted by atomic mass is 9.83. The van der Waals surface area contributed by atoms with Crippen LogP contribution in [0.2, 0.25) is 0 Å². The molecule has 2 rings (SSSR count). The van der Waals surface area contributed by atoms with Gasteiger partial charge in [0, 0.05) is 0 Å². The fourth-order valence-corrected chi connectivity index (χ4v) is 4.22. The molecule has 0 unspecified atom stereocenters.